The van der Waals surface area contributed by atoms with Gasteiger partial charge in [0.1, 0.15) is 0 Å². The molecule has 0 aliphatic rings. The van der Waals surface area contributed by atoms with Gasteiger partial charge in [0, 0.05) is 24.5 Å². The average Bonchev–Trinajstić information content (AvgIpc) is 2.51. The van der Waals surface area contributed by atoms with Crippen molar-refractivity contribution in [3.05, 3.63) is 30.6 Å². The van der Waals surface area contributed by atoms with E-state index in [4.69, 9.17) is 11.6 Å². The van der Waals surface area contributed by atoms with Crippen LogP contribution in [0.25, 0.3) is 0 Å². The molecule has 1 aromatic rings. The summed E-state index contributed by atoms with van der Waals surface area (Å²) in [5.41, 5.74) is 1.18. The zero-order chi connectivity index (χ0) is 9.90. The highest BCUT2D eigenvalue weighted by Gasteiger charge is 2.19. The minimum atomic E-state index is -0.0232. The molecular formula is C10H15ClN2. The van der Waals surface area contributed by atoms with Crippen LogP contribution in [0.2, 0.25) is 0 Å². The standard InChI is InChI=1S/C10H15ClN2/c1-4-10(2,8-11)5-9-6-12-13(3)7-9/h4,6-7H,1,5,8H2,2-3H3. The van der Waals surface area contributed by atoms with Crippen LogP contribution in [-0.2, 0) is 13.5 Å². The highest BCUT2D eigenvalue weighted by molar-refractivity contribution is 6.18. The molecule has 0 N–H and O–H groups in total. The van der Waals surface area contributed by atoms with E-state index in [2.05, 4.69) is 18.6 Å². The fourth-order valence-corrected chi connectivity index (χ4v) is 1.41. The Morgan fingerprint density at radius 2 is 2.46 bits per heavy atom. The maximum atomic E-state index is 5.87. The molecule has 1 atom stereocenters. The molecule has 0 aliphatic carbocycles. The van der Waals surface area contributed by atoms with Gasteiger partial charge in [-0.3, -0.25) is 4.68 Å². The number of hydrogen-bond acceptors (Lipinski definition) is 1. The Kier molecular flexibility index (Phi) is 3.15. The number of alkyl halides is 1. The first-order valence-electron chi connectivity index (χ1n) is 4.27. The first kappa shape index (κ1) is 10.3. The topological polar surface area (TPSA) is 17.8 Å². The van der Waals surface area contributed by atoms with Gasteiger partial charge in [0.25, 0.3) is 0 Å². The molecule has 13 heavy (non-hydrogen) atoms. The van der Waals surface area contributed by atoms with Crippen LogP contribution in [-0.4, -0.2) is 15.7 Å². The normalized spacial score (nSPS) is 15.3. The largest absolute Gasteiger partial charge is 0.276 e. The lowest BCUT2D eigenvalue weighted by Crippen LogP contribution is -2.17. The van der Waals surface area contributed by atoms with E-state index in [1.165, 1.54) is 5.56 Å². The second-order valence-corrected chi connectivity index (χ2v) is 3.96. The number of hydrogen-bond donors (Lipinski definition) is 0. The average molecular weight is 199 g/mol. The van der Waals surface area contributed by atoms with Gasteiger partial charge in [-0.2, -0.15) is 5.10 Å². The Balaban J connectivity index is 2.72. The molecule has 0 saturated carbocycles. The zero-order valence-electron chi connectivity index (χ0n) is 8.13. The molecule has 1 heterocycles. The molecule has 1 aromatic heterocycles. The summed E-state index contributed by atoms with van der Waals surface area (Å²) in [5, 5.41) is 4.11. The van der Waals surface area contributed by atoms with Crippen LogP contribution < -0.4 is 0 Å². The summed E-state index contributed by atoms with van der Waals surface area (Å²) in [5.74, 6) is 0.589. The Morgan fingerprint density at radius 1 is 1.77 bits per heavy atom. The van der Waals surface area contributed by atoms with Crippen LogP contribution in [0.5, 0.6) is 0 Å². The van der Waals surface area contributed by atoms with Gasteiger partial charge in [0.15, 0.2) is 0 Å². The van der Waals surface area contributed by atoms with Crippen molar-refractivity contribution in [1.29, 1.82) is 0 Å². The maximum Gasteiger partial charge on any atom is 0.0521 e. The fraction of sp³-hybridized carbons (Fsp3) is 0.500. The predicted molar refractivity (Wildman–Crippen MR) is 55.9 cm³/mol. The molecule has 0 aliphatic heterocycles. The smallest absolute Gasteiger partial charge is 0.0521 e. The summed E-state index contributed by atoms with van der Waals surface area (Å²) in [7, 11) is 1.91. The number of aryl methyl sites for hydroxylation is 1. The monoisotopic (exact) mass is 198 g/mol. The van der Waals surface area contributed by atoms with Crippen molar-refractivity contribution >= 4 is 11.6 Å². The molecule has 72 valence electrons. The Morgan fingerprint density at radius 3 is 2.85 bits per heavy atom. The highest BCUT2D eigenvalue weighted by atomic mass is 35.5. The van der Waals surface area contributed by atoms with Gasteiger partial charge >= 0.3 is 0 Å². The number of allylic oxidation sites excluding steroid dienone is 1. The minimum Gasteiger partial charge on any atom is -0.276 e. The molecule has 3 heteroatoms. The first-order valence-corrected chi connectivity index (χ1v) is 4.80. The van der Waals surface area contributed by atoms with E-state index in [1.807, 2.05) is 25.5 Å². The van der Waals surface area contributed by atoms with Gasteiger partial charge in [0.2, 0.25) is 0 Å². The van der Waals surface area contributed by atoms with Crippen molar-refractivity contribution in [2.24, 2.45) is 12.5 Å². The first-order chi connectivity index (χ1) is 6.09. The molecule has 0 fully saturated rings. The van der Waals surface area contributed by atoms with Crippen LogP contribution >= 0.6 is 11.6 Å². The lowest BCUT2D eigenvalue weighted by Gasteiger charge is -2.21. The van der Waals surface area contributed by atoms with Crippen molar-refractivity contribution < 1.29 is 0 Å². The lowest BCUT2D eigenvalue weighted by atomic mass is 9.87. The van der Waals surface area contributed by atoms with Gasteiger partial charge in [-0.05, 0) is 12.0 Å². The van der Waals surface area contributed by atoms with E-state index in [1.54, 1.807) is 4.68 Å². The van der Waals surface area contributed by atoms with Gasteiger partial charge in [-0.15, -0.1) is 18.2 Å². The van der Waals surface area contributed by atoms with Gasteiger partial charge in [-0.25, -0.2) is 0 Å². The van der Waals surface area contributed by atoms with E-state index >= 15 is 0 Å². The molecule has 0 amide bonds. The van der Waals surface area contributed by atoms with Gasteiger partial charge in [0.05, 0.1) is 6.20 Å². The fourth-order valence-electron chi connectivity index (χ4n) is 1.20. The van der Waals surface area contributed by atoms with Crippen LogP contribution in [0.15, 0.2) is 25.0 Å². The summed E-state index contributed by atoms with van der Waals surface area (Å²) in [4.78, 5) is 0. The molecule has 2 nitrogen and oxygen atoms in total. The van der Waals surface area contributed by atoms with E-state index in [0.717, 1.165) is 6.42 Å². The van der Waals surface area contributed by atoms with Crippen molar-refractivity contribution in [3.63, 3.8) is 0 Å². The van der Waals surface area contributed by atoms with Crippen molar-refractivity contribution in [1.82, 2.24) is 9.78 Å². The van der Waals surface area contributed by atoms with E-state index in [0.29, 0.717) is 5.88 Å². The molecular weight excluding hydrogens is 184 g/mol. The lowest BCUT2D eigenvalue weighted by molar-refractivity contribution is 0.486. The minimum absolute atomic E-state index is 0.0232. The zero-order valence-corrected chi connectivity index (χ0v) is 8.88. The number of rotatable bonds is 4. The number of aromatic nitrogens is 2. The molecule has 0 saturated heterocycles. The van der Waals surface area contributed by atoms with Crippen LogP contribution in [0.4, 0.5) is 0 Å². The molecule has 0 spiro atoms. The predicted octanol–water partition coefficient (Wildman–Crippen LogP) is 2.39. The van der Waals surface area contributed by atoms with Crippen molar-refractivity contribution in [2.75, 3.05) is 5.88 Å². The number of halogens is 1. The third kappa shape index (κ3) is 2.59. The quantitative estimate of drug-likeness (QED) is 0.537. The van der Waals surface area contributed by atoms with Gasteiger partial charge < -0.3 is 0 Å². The van der Waals surface area contributed by atoms with Crippen molar-refractivity contribution in [3.8, 4) is 0 Å². The molecule has 0 bridgehead atoms. The molecule has 1 rings (SSSR count). The van der Waals surface area contributed by atoms with Gasteiger partial charge in [-0.1, -0.05) is 13.0 Å². The maximum absolute atomic E-state index is 5.87. The third-order valence-corrected chi connectivity index (χ3v) is 2.77. The second-order valence-electron chi connectivity index (χ2n) is 3.69. The summed E-state index contributed by atoms with van der Waals surface area (Å²) in [6.45, 7) is 5.89. The summed E-state index contributed by atoms with van der Waals surface area (Å²) in [6, 6.07) is 0. The summed E-state index contributed by atoms with van der Waals surface area (Å²) >= 11 is 5.87. The Bertz CT molecular complexity index is 293. The second kappa shape index (κ2) is 3.97. The van der Waals surface area contributed by atoms with Crippen LogP contribution in [0.3, 0.4) is 0 Å². The summed E-state index contributed by atoms with van der Waals surface area (Å²) in [6.07, 6.45) is 6.68. The van der Waals surface area contributed by atoms with E-state index in [9.17, 15) is 0 Å². The third-order valence-electron chi connectivity index (χ3n) is 2.16. The Labute approximate surface area is 84.2 Å². The Hall–Kier alpha value is -0.760. The van der Waals surface area contributed by atoms with E-state index in [-0.39, 0.29) is 5.41 Å². The molecule has 1 unspecified atom stereocenters. The van der Waals surface area contributed by atoms with Crippen LogP contribution in [0, 0.1) is 5.41 Å². The number of nitrogens with zero attached hydrogens (tertiary/aromatic N) is 2. The summed E-state index contributed by atoms with van der Waals surface area (Å²) < 4.78 is 1.80. The SMILES string of the molecule is C=CC(C)(CCl)Cc1cnn(C)c1. The highest BCUT2D eigenvalue weighted by Crippen LogP contribution is 2.24. The molecule has 0 aromatic carbocycles. The van der Waals surface area contributed by atoms with Crippen molar-refractivity contribution in [2.45, 2.75) is 13.3 Å². The molecule has 0 radical (unpaired) electrons. The van der Waals surface area contributed by atoms with Crippen LogP contribution in [0.1, 0.15) is 12.5 Å². The van der Waals surface area contributed by atoms with E-state index < -0.39 is 0 Å².